The maximum Gasteiger partial charge on any atom is 0.240 e. The van der Waals surface area contributed by atoms with Crippen LogP contribution in [0.25, 0.3) is 0 Å². The van der Waals surface area contributed by atoms with Crippen LogP contribution in [0, 0.1) is 0 Å². The van der Waals surface area contributed by atoms with E-state index in [9.17, 15) is 9.59 Å². The summed E-state index contributed by atoms with van der Waals surface area (Å²) >= 11 is 6.19. The van der Waals surface area contributed by atoms with Gasteiger partial charge in [-0.15, -0.1) is 0 Å². The molecule has 2 heterocycles. The standard InChI is InChI=1S/C18H24ClN3O3/c19-15-6-2-1-4-13(15)12-22-8-7-20-16(18(22)24)10-17(23)21-11-14-5-3-9-25-14/h1-2,4,6,14,16,20H,3,5,7-12H2,(H,21,23). The minimum Gasteiger partial charge on any atom is -0.376 e. The van der Waals surface area contributed by atoms with Crippen LogP contribution in [0.2, 0.25) is 5.02 Å². The summed E-state index contributed by atoms with van der Waals surface area (Å²) in [6, 6.07) is 7.03. The molecule has 0 saturated carbocycles. The highest BCUT2D eigenvalue weighted by Crippen LogP contribution is 2.18. The number of piperazine rings is 1. The van der Waals surface area contributed by atoms with Crippen LogP contribution in [0.3, 0.4) is 0 Å². The highest BCUT2D eigenvalue weighted by molar-refractivity contribution is 6.31. The number of halogens is 1. The maximum absolute atomic E-state index is 12.7. The zero-order chi connectivity index (χ0) is 17.6. The molecule has 136 valence electrons. The van der Waals surface area contributed by atoms with Gasteiger partial charge >= 0.3 is 0 Å². The zero-order valence-electron chi connectivity index (χ0n) is 14.2. The van der Waals surface area contributed by atoms with Crippen molar-refractivity contribution in [1.82, 2.24) is 15.5 Å². The summed E-state index contributed by atoms with van der Waals surface area (Å²) in [4.78, 5) is 26.5. The molecule has 0 radical (unpaired) electrons. The third-order valence-electron chi connectivity index (χ3n) is 4.64. The van der Waals surface area contributed by atoms with Crippen molar-refractivity contribution in [1.29, 1.82) is 0 Å². The molecule has 0 aromatic heterocycles. The molecule has 1 aromatic carbocycles. The van der Waals surface area contributed by atoms with Gasteiger partial charge in [0.05, 0.1) is 18.6 Å². The third-order valence-corrected chi connectivity index (χ3v) is 5.01. The molecule has 0 bridgehead atoms. The smallest absolute Gasteiger partial charge is 0.240 e. The highest BCUT2D eigenvalue weighted by atomic mass is 35.5. The van der Waals surface area contributed by atoms with Crippen LogP contribution in [0.5, 0.6) is 0 Å². The number of hydrogen-bond donors (Lipinski definition) is 2. The van der Waals surface area contributed by atoms with E-state index in [4.69, 9.17) is 16.3 Å². The lowest BCUT2D eigenvalue weighted by atomic mass is 10.1. The molecule has 2 aliphatic heterocycles. The molecule has 0 spiro atoms. The molecular formula is C18H24ClN3O3. The summed E-state index contributed by atoms with van der Waals surface area (Å²) in [6.07, 6.45) is 2.27. The number of benzene rings is 1. The van der Waals surface area contributed by atoms with E-state index in [2.05, 4.69) is 10.6 Å². The quantitative estimate of drug-likeness (QED) is 0.797. The van der Waals surface area contributed by atoms with Gasteiger partial charge in [-0.1, -0.05) is 29.8 Å². The Kier molecular flexibility index (Phi) is 6.29. The second-order valence-corrected chi connectivity index (χ2v) is 6.91. The summed E-state index contributed by atoms with van der Waals surface area (Å²) in [5.74, 6) is -0.181. The van der Waals surface area contributed by atoms with E-state index in [1.165, 1.54) is 0 Å². The second-order valence-electron chi connectivity index (χ2n) is 6.50. The van der Waals surface area contributed by atoms with E-state index in [-0.39, 0.29) is 24.3 Å². The van der Waals surface area contributed by atoms with Crippen molar-refractivity contribution in [3.8, 4) is 0 Å². The van der Waals surface area contributed by atoms with Crippen LogP contribution in [0.4, 0.5) is 0 Å². The Morgan fingerprint density at radius 2 is 2.24 bits per heavy atom. The molecule has 6 nitrogen and oxygen atoms in total. The molecule has 7 heteroatoms. The number of rotatable bonds is 6. The number of ether oxygens (including phenoxy) is 1. The topological polar surface area (TPSA) is 70.7 Å². The predicted molar refractivity (Wildman–Crippen MR) is 95.3 cm³/mol. The minimum absolute atomic E-state index is 0.0570. The zero-order valence-corrected chi connectivity index (χ0v) is 14.9. The van der Waals surface area contributed by atoms with Gasteiger partial charge in [0.2, 0.25) is 11.8 Å². The molecule has 2 fully saturated rings. The number of hydrogen-bond acceptors (Lipinski definition) is 4. The van der Waals surface area contributed by atoms with Crippen molar-refractivity contribution < 1.29 is 14.3 Å². The number of carbonyl (C=O) groups excluding carboxylic acids is 2. The molecule has 25 heavy (non-hydrogen) atoms. The van der Waals surface area contributed by atoms with E-state index in [0.29, 0.717) is 31.2 Å². The van der Waals surface area contributed by atoms with Crippen LogP contribution in [0.1, 0.15) is 24.8 Å². The molecule has 3 rings (SSSR count). The average molecular weight is 366 g/mol. The summed E-state index contributed by atoms with van der Waals surface area (Å²) < 4.78 is 5.49. The number of amides is 2. The van der Waals surface area contributed by atoms with E-state index in [1.807, 2.05) is 24.3 Å². The van der Waals surface area contributed by atoms with Gasteiger partial charge in [0.1, 0.15) is 0 Å². The van der Waals surface area contributed by atoms with E-state index in [1.54, 1.807) is 4.90 Å². The monoisotopic (exact) mass is 365 g/mol. The minimum atomic E-state index is -0.485. The third kappa shape index (κ3) is 4.93. The van der Waals surface area contributed by atoms with Gasteiger partial charge < -0.3 is 20.3 Å². The van der Waals surface area contributed by atoms with Crippen molar-refractivity contribution in [2.45, 2.75) is 38.0 Å². The Morgan fingerprint density at radius 3 is 3.00 bits per heavy atom. The first-order valence-corrected chi connectivity index (χ1v) is 9.15. The largest absolute Gasteiger partial charge is 0.376 e. The van der Waals surface area contributed by atoms with Crippen LogP contribution in [-0.2, 0) is 20.9 Å². The lowest BCUT2D eigenvalue weighted by Crippen LogP contribution is -2.56. The fraction of sp³-hybridized carbons (Fsp3) is 0.556. The van der Waals surface area contributed by atoms with Gasteiger partial charge in [-0.2, -0.15) is 0 Å². The van der Waals surface area contributed by atoms with Crippen LogP contribution in [-0.4, -0.2) is 55.1 Å². The number of nitrogens with zero attached hydrogens (tertiary/aromatic N) is 1. The normalized spacial score (nSPS) is 23.7. The molecule has 2 atom stereocenters. The first-order valence-electron chi connectivity index (χ1n) is 8.77. The molecule has 2 saturated heterocycles. The van der Waals surface area contributed by atoms with Gasteiger partial charge in [0, 0.05) is 37.8 Å². The first-order chi connectivity index (χ1) is 12.1. The summed E-state index contributed by atoms with van der Waals surface area (Å²) in [7, 11) is 0. The lowest BCUT2D eigenvalue weighted by molar-refractivity contribution is -0.138. The van der Waals surface area contributed by atoms with Gasteiger partial charge in [0.15, 0.2) is 0 Å². The van der Waals surface area contributed by atoms with Crippen LogP contribution >= 0.6 is 11.6 Å². The fourth-order valence-corrected chi connectivity index (χ4v) is 3.43. The summed E-state index contributed by atoms with van der Waals surface area (Å²) in [6.45, 7) is 3.02. The molecule has 1 aromatic rings. The van der Waals surface area contributed by atoms with E-state index in [0.717, 1.165) is 25.0 Å². The Morgan fingerprint density at radius 1 is 1.40 bits per heavy atom. The Bertz CT molecular complexity index is 619. The van der Waals surface area contributed by atoms with Crippen molar-refractivity contribution in [2.75, 3.05) is 26.2 Å². The summed E-state index contributed by atoms with van der Waals surface area (Å²) in [5, 5.41) is 6.66. The van der Waals surface area contributed by atoms with E-state index < -0.39 is 6.04 Å². The number of nitrogens with one attached hydrogen (secondary N) is 2. The first kappa shape index (κ1) is 18.2. The van der Waals surface area contributed by atoms with Gasteiger partial charge in [0.25, 0.3) is 0 Å². The van der Waals surface area contributed by atoms with Crippen LogP contribution in [0.15, 0.2) is 24.3 Å². The average Bonchev–Trinajstić information content (AvgIpc) is 3.12. The second kappa shape index (κ2) is 8.65. The van der Waals surface area contributed by atoms with Crippen molar-refractivity contribution in [3.63, 3.8) is 0 Å². The Labute approximate surface area is 152 Å². The predicted octanol–water partition coefficient (Wildman–Crippen LogP) is 1.33. The molecule has 2 aliphatic rings. The molecular weight excluding hydrogens is 342 g/mol. The Balaban J connectivity index is 1.51. The molecule has 2 N–H and O–H groups in total. The fourth-order valence-electron chi connectivity index (χ4n) is 3.23. The Hall–Kier alpha value is -1.63. The lowest BCUT2D eigenvalue weighted by Gasteiger charge is -2.33. The molecule has 2 amide bonds. The molecule has 2 unspecified atom stereocenters. The maximum atomic E-state index is 12.7. The van der Waals surface area contributed by atoms with Gasteiger partial charge in [-0.05, 0) is 24.5 Å². The SMILES string of the molecule is O=C(CC1NCCN(Cc2ccccc2Cl)C1=O)NCC1CCCO1. The van der Waals surface area contributed by atoms with Crippen LogP contribution < -0.4 is 10.6 Å². The van der Waals surface area contributed by atoms with Crippen molar-refractivity contribution >= 4 is 23.4 Å². The van der Waals surface area contributed by atoms with E-state index >= 15 is 0 Å². The van der Waals surface area contributed by atoms with Gasteiger partial charge in [-0.3, -0.25) is 9.59 Å². The van der Waals surface area contributed by atoms with Gasteiger partial charge in [-0.25, -0.2) is 0 Å². The number of carbonyl (C=O) groups is 2. The molecule has 0 aliphatic carbocycles. The highest BCUT2D eigenvalue weighted by Gasteiger charge is 2.30. The summed E-state index contributed by atoms with van der Waals surface area (Å²) in [5.41, 5.74) is 0.918. The van der Waals surface area contributed by atoms with Crippen molar-refractivity contribution in [2.24, 2.45) is 0 Å². The van der Waals surface area contributed by atoms with Crippen molar-refractivity contribution in [3.05, 3.63) is 34.9 Å².